The van der Waals surface area contributed by atoms with Gasteiger partial charge >= 0.3 is 14.6 Å². The molecule has 6 heteroatoms. The summed E-state index contributed by atoms with van der Waals surface area (Å²) in [5, 5.41) is 0. The topological polar surface area (TPSA) is 54.0 Å². The van der Waals surface area contributed by atoms with Crippen LogP contribution >= 0.6 is 8.60 Å². The minimum absolute atomic E-state index is 0.115. The van der Waals surface area contributed by atoms with Crippen LogP contribution in [0.1, 0.15) is 96.8 Å². The molecule has 0 amide bonds. The summed E-state index contributed by atoms with van der Waals surface area (Å²) in [5.41, 5.74) is -0.296. The molecule has 0 aliphatic carbocycles. The summed E-state index contributed by atoms with van der Waals surface area (Å²) in [6.07, 6.45) is 21.6. The molecule has 0 saturated carbocycles. The van der Waals surface area contributed by atoms with Gasteiger partial charge in [0, 0.05) is 6.42 Å². The Labute approximate surface area is 178 Å². The van der Waals surface area contributed by atoms with Crippen molar-refractivity contribution in [1.29, 1.82) is 0 Å². The van der Waals surface area contributed by atoms with E-state index in [-0.39, 0.29) is 11.4 Å². The highest BCUT2D eigenvalue weighted by atomic mass is 31.2. The zero-order valence-corrected chi connectivity index (χ0v) is 19.3. The Morgan fingerprint density at radius 1 is 0.828 bits per heavy atom. The fourth-order valence-corrected chi connectivity index (χ4v) is 4.94. The Bertz CT molecular complexity index is 446. The summed E-state index contributed by atoms with van der Waals surface area (Å²) in [4.78, 5) is 11.9. The van der Waals surface area contributed by atoms with Gasteiger partial charge in [0.25, 0.3) is 0 Å². The van der Waals surface area contributed by atoms with Crippen molar-refractivity contribution in [2.75, 3.05) is 26.4 Å². The molecule has 0 spiro atoms. The van der Waals surface area contributed by atoms with Crippen LogP contribution in [0.4, 0.5) is 0 Å². The third-order valence-corrected chi connectivity index (χ3v) is 6.63. The minimum Gasteiger partial charge on any atom is -0.465 e. The molecule has 5 nitrogen and oxygen atoms in total. The maximum Gasteiger partial charge on any atom is 0.332 e. The van der Waals surface area contributed by atoms with E-state index in [9.17, 15) is 4.79 Å². The second kappa shape index (κ2) is 15.3. The lowest BCUT2D eigenvalue weighted by molar-refractivity contribution is -0.157. The van der Waals surface area contributed by atoms with Crippen molar-refractivity contribution in [2.24, 2.45) is 5.41 Å². The van der Waals surface area contributed by atoms with Crippen molar-refractivity contribution < 1.29 is 23.1 Å². The Morgan fingerprint density at radius 2 is 1.34 bits per heavy atom. The monoisotopic (exact) mass is 428 g/mol. The van der Waals surface area contributed by atoms with E-state index in [0.29, 0.717) is 32.8 Å². The van der Waals surface area contributed by atoms with E-state index in [4.69, 9.17) is 18.3 Å². The molecule has 3 aliphatic heterocycles. The van der Waals surface area contributed by atoms with Gasteiger partial charge in [0.15, 0.2) is 0 Å². The molecule has 3 aliphatic rings. The molecule has 0 aromatic heterocycles. The highest BCUT2D eigenvalue weighted by Gasteiger charge is 2.45. The van der Waals surface area contributed by atoms with Crippen LogP contribution in [0, 0.1) is 5.41 Å². The van der Waals surface area contributed by atoms with Gasteiger partial charge in [0.2, 0.25) is 0 Å². The van der Waals surface area contributed by atoms with E-state index >= 15 is 0 Å². The molecule has 0 unspecified atom stereocenters. The van der Waals surface area contributed by atoms with Crippen LogP contribution in [0.25, 0.3) is 0 Å². The predicted molar refractivity (Wildman–Crippen MR) is 118 cm³/mol. The van der Waals surface area contributed by atoms with Gasteiger partial charge < -0.3 is 18.3 Å². The van der Waals surface area contributed by atoms with Crippen molar-refractivity contribution >= 4 is 14.6 Å². The smallest absolute Gasteiger partial charge is 0.332 e. The van der Waals surface area contributed by atoms with E-state index in [2.05, 4.69) is 19.1 Å². The Balaban J connectivity index is 1.33. The van der Waals surface area contributed by atoms with Gasteiger partial charge in [0.1, 0.15) is 6.61 Å². The number of carbonyl (C=O) groups is 1. The number of hydrogen-bond acceptors (Lipinski definition) is 5. The van der Waals surface area contributed by atoms with Gasteiger partial charge in [-0.3, -0.25) is 4.79 Å². The average Bonchev–Trinajstić information content (AvgIpc) is 2.76. The van der Waals surface area contributed by atoms with Crippen molar-refractivity contribution in [3.05, 3.63) is 12.2 Å². The van der Waals surface area contributed by atoms with Gasteiger partial charge in [0.05, 0.1) is 25.2 Å². The zero-order chi connectivity index (χ0) is 20.6. The highest BCUT2D eigenvalue weighted by Crippen LogP contribution is 2.53. The van der Waals surface area contributed by atoms with Crippen LogP contribution in [-0.2, 0) is 23.1 Å². The maximum atomic E-state index is 11.9. The number of allylic oxidation sites excluding steroid dienone is 2. The molecule has 0 atom stereocenters. The summed E-state index contributed by atoms with van der Waals surface area (Å²) in [6, 6.07) is 0. The summed E-state index contributed by atoms with van der Waals surface area (Å²) in [6.45, 7) is 4.30. The molecule has 3 fully saturated rings. The molecule has 0 radical (unpaired) electrons. The molecule has 3 saturated heterocycles. The first-order valence-electron chi connectivity index (χ1n) is 11.7. The lowest BCUT2D eigenvalue weighted by Crippen LogP contribution is -2.47. The van der Waals surface area contributed by atoms with Gasteiger partial charge in [-0.05, 0) is 32.1 Å². The molecular weight excluding hydrogens is 387 g/mol. The van der Waals surface area contributed by atoms with Crippen LogP contribution in [0.2, 0.25) is 0 Å². The van der Waals surface area contributed by atoms with E-state index in [1.165, 1.54) is 70.6 Å². The van der Waals surface area contributed by atoms with Crippen molar-refractivity contribution in [3.8, 4) is 0 Å². The number of carbonyl (C=O) groups excluding carboxylic acids is 1. The van der Waals surface area contributed by atoms with Gasteiger partial charge in [-0.25, -0.2) is 0 Å². The fourth-order valence-electron chi connectivity index (χ4n) is 3.58. The van der Waals surface area contributed by atoms with Crippen LogP contribution in [0.15, 0.2) is 12.2 Å². The second-order valence-electron chi connectivity index (χ2n) is 8.54. The maximum absolute atomic E-state index is 11.9. The number of esters is 1. The van der Waals surface area contributed by atoms with Crippen LogP contribution in [0.3, 0.4) is 0 Å². The number of hydrogen-bond donors (Lipinski definition) is 0. The van der Waals surface area contributed by atoms with Crippen LogP contribution in [-0.4, -0.2) is 32.4 Å². The summed E-state index contributed by atoms with van der Waals surface area (Å²) >= 11 is 0. The van der Waals surface area contributed by atoms with E-state index in [1.54, 1.807) is 0 Å². The molecule has 0 aromatic rings. The standard InChI is InChI=1S/C23H41O5P/c1-2-3-4-5-6-7-8-9-10-11-12-13-14-15-16-17-22(24)25-18-23-19-26-29(27-20-23)28-21-23/h9-10H,2-8,11-21H2,1H3/b10-9-. The number of fused-ring (bicyclic) bond motifs is 3. The second-order valence-corrected chi connectivity index (χ2v) is 9.76. The normalized spacial score (nSPS) is 23.7. The number of ether oxygens (including phenoxy) is 1. The Hall–Kier alpha value is -0.480. The zero-order valence-electron chi connectivity index (χ0n) is 18.4. The minimum atomic E-state index is -1.13. The van der Waals surface area contributed by atoms with Gasteiger partial charge in [-0.1, -0.05) is 70.4 Å². The third-order valence-electron chi connectivity index (χ3n) is 5.61. The number of unbranched alkanes of at least 4 members (excludes halogenated alkanes) is 11. The molecule has 2 bridgehead atoms. The molecule has 3 heterocycles. The largest absolute Gasteiger partial charge is 0.465 e. The average molecular weight is 429 g/mol. The Morgan fingerprint density at radius 3 is 1.93 bits per heavy atom. The predicted octanol–water partition coefficient (Wildman–Crippen LogP) is 6.86. The lowest BCUT2D eigenvalue weighted by atomic mass is 9.92. The summed E-state index contributed by atoms with van der Waals surface area (Å²) < 4.78 is 21.7. The van der Waals surface area contributed by atoms with Crippen LogP contribution in [0.5, 0.6) is 0 Å². The molecule has 3 rings (SSSR count). The van der Waals surface area contributed by atoms with E-state index in [0.717, 1.165) is 12.8 Å². The van der Waals surface area contributed by atoms with Gasteiger partial charge in [-0.15, -0.1) is 0 Å². The molecule has 168 valence electrons. The molecule has 0 N–H and O–H groups in total. The summed E-state index contributed by atoms with van der Waals surface area (Å²) in [5.74, 6) is -0.115. The summed E-state index contributed by atoms with van der Waals surface area (Å²) in [7, 11) is -1.13. The quantitative estimate of drug-likeness (QED) is 0.110. The lowest BCUT2D eigenvalue weighted by Gasteiger charge is -2.43. The SMILES string of the molecule is CCCCCCCC/C=C\CCCCCCCC(=O)OCC12COP(OC1)OC2. The van der Waals surface area contributed by atoms with E-state index < -0.39 is 8.60 Å². The Kier molecular flexibility index (Phi) is 13.1. The molecule has 0 aromatic carbocycles. The number of rotatable bonds is 17. The molecule has 29 heavy (non-hydrogen) atoms. The first-order chi connectivity index (χ1) is 14.2. The first-order valence-corrected chi connectivity index (χ1v) is 12.8. The fraction of sp³-hybridized carbons (Fsp3) is 0.870. The van der Waals surface area contributed by atoms with Crippen molar-refractivity contribution in [3.63, 3.8) is 0 Å². The van der Waals surface area contributed by atoms with Crippen molar-refractivity contribution in [2.45, 2.75) is 96.8 Å². The van der Waals surface area contributed by atoms with Crippen molar-refractivity contribution in [1.82, 2.24) is 0 Å². The third kappa shape index (κ3) is 10.9. The molecular formula is C23H41O5P. The first kappa shape index (κ1) is 24.8. The van der Waals surface area contributed by atoms with Crippen LogP contribution < -0.4 is 0 Å². The van der Waals surface area contributed by atoms with E-state index in [1.807, 2.05) is 0 Å². The highest BCUT2D eigenvalue weighted by molar-refractivity contribution is 7.41. The van der Waals surface area contributed by atoms with Gasteiger partial charge in [-0.2, -0.15) is 0 Å².